The molecule has 1 aromatic rings. The van der Waals surface area contributed by atoms with Crippen LogP contribution in [-0.2, 0) is 23.9 Å². The van der Waals surface area contributed by atoms with Gasteiger partial charge in [-0.2, -0.15) is 0 Å². The number of hydrogen-bond donors (Lipinski definition) is 2. The Bertz CT molecular complexity index is 716. The number of hydrogen-bond acceptors (Lipinski definition) is 9. The second-order valence-electron chi connectivity index (χ2n) is 7.16. The maximum Gasteiger partial charge on any atom is 0.313 e. The van der Waals surface area contributed by atoms with Gasteiger partial charge in [-0.1, -0.05) is 37.3 Å². The summed E-state index contributed by atoms with van der Waals surface area (Å²) in [5, 5.41) is 38.9. The molecular weight excluding hydrogens is 422 g/mol. The van der Waals surface area contributed by atoms with Crippen molar-refractivity contribution in [1.82, 2.24) is 0 Å². The molecule has 0 bridgehead atoms. The summed E-state index contributed by atoms with van der Waals surface area (Å²) in [7, 11) is 0. The third-order valence-corrected chi connectivity index (χ3v) is 4.85. The zero-order chi connectivity index (χ0) is 24.7. The summed E-state index contributed by atoms with van der Waals surface area (Å²) in [4.78, 5) is 43.6. The molecule has 0 radical (unpaired) electrons. The molecule has 1 atom stereocenters. The first-order valence-electron chi connectivity index (χ1n) is 10.4. The van der Waals surface area contributed by atoms with Crippen molar-refractivity contribution in [2.24, 2.45) is 0 Å². The molecule has 0 heterocycles. The third kappa shape index (κ3) is 10.9. The van der Waals surface area contributed by atoms with E-state index in [1.165, 1.54) is 4.90 Å². The molecule has 1 unspecified atom stereocenters. The van der Waals surface area contributed by atoms with Crippen LogP contribution in [0.5, 0.6) is 0 Å². The molecule has 10 nitrogen and oxygen atoms in total. The molecule has 0 amide bonds. The van der Waals surface area contributed by atoms with Crippen molar-refractivity contribution >= 4 is 23.9 Å². The van der Waals surface area contributed by atoms with Gasteiger partial charge in [0.2, 0.25) is 0 Å². The fourth-order valence-electron chi connectivity index (χ4n) is 2.91. The minimum Gasteiger partial charge on any atom is -0.550 e. The van der Waals surface area contributed by atoms with Crippen LogP contribution in [0, 0.1) is 0 Å². The molecule has 32 heavy (non-hydrogen) atoms. The first-order valence-corrected chi connectivity index (χ1v) is 10.4. The Hall–Kier alpha value is -2.98. The summed E-state index contributed by atoms with van der Waals surface area (Å²) in [5.74, 6) is -6.21. The van der Waals surface area contributed by atoms with Crippen molar-refractivity contribution in [3.8, 4) is 0 Å². The first-order chi connectivity index (χ1) is 15.0. The number of likely N-dealkylation sites (N-methyl/N-ethyl adjacent to an activating group) is 1. The number of carboxylic acid groups (broad SMARTS) is 3. The van der Waals surface area contributed by atoms with Crippen molar-refractivity contribution < 1.29 is 49.2 Å². The van der Waals surface area contributed by atoms with Gasteiger partial charge in [0, 0.05) is 24.8 Å². The number of carboxylic acids is 3. The SMILES string of the molecule is CCC(C(=O)OCC[NH+](CC)CC)c1ccccc1.O=C([O-])CC(O)(CC(=O)[O-])C(=O)[O-]. The molecular formula is C22H31NO9-2. The number of carbonyl (C=O) groups excluding carboxylic acids is 4. The molecule has 0 fully saturated rings. The minimum absolute atomic E-state index is 0.0970. The average Bonchev–Trinajstić information content (AvgIpc) is 2.72. The van der Waals surface area contributed by atoms with E-state index in [-0.39, 0.29) is 11.9 Å². The molecule has 0 aliphatic rings. The van der Waals surface area contributed by atoms with Crippen LogP contribution in [0.2, 0.25) is 0 Å². The Morgan fingerprint density at radius 1 is 0.969 bits per heavy atom. The summed E-state index contributed by atoms with van der Waals surface area (Å²) in [6.07, 6.45) is -1.94. The van der Waals surface area contributed by atoms with Gasteiger partial charge in [0.25, 0.3) is 0 Å². The van der Waals surface area contributed by atoms with E-state index in [0.717, 1.165) is 31.6 Å². The fraction of sp³-hybridized carbons (Fsp3) is 0.545. The van der Waals surface area contributed by atoms with Crippen LogP contribution in [0.3, 0.4) is 0 Å². The standard InChI is InChI=1S/C16H25NO2.C6H8O7/c1-4-15(14-10-8-7-9-11-14)16(18)19-13-12-17(5-2)6-3;7-3(8)1-6(13,5(11)12)2-4(9)10/h7-11,15H,4-6,12-13H2,1-3H3;13H,1-2H2,(H,7,8)(H,9,10)(H,11,12)/p-2. The Balaban J connectivity index is 0.000000649. The van der Waals surface area contributed by atoms with E-state index in [1.54, 1.807) is 0 Å². The molecule has 2 N–H and O–H groups in total. The number of benzene rings is 1. The quantitative estimate of drug-likeness (QED) is 0.286. The van der Waals surface area contributed by atoms with Gasteiger partial charge in [-0.3, -0.25) is 4.79 Å². The summed E-state index contributed by atoms with van der Waals surface area (Å²) in [6, 6.07) is 9.87. The molecule has 1 rings (SSSR count). The number of nitrogens with one attached hydrogen (secondary N) is 1. The van der Waals surface area contributed by atoms with Crippen LogP contribution in [-0.4, -0.2) is 60.8 Å². The van der Waals surface area contributed by atoms with Crippen LogP contribution < -0.4 is 20.2 Å². The highest BCUT2D eigenvalue weighted by molar-refractivity contribution is 5.86. The van der Waals surface area contributed by atoms with E-state index in [4.69, 9.17) is 9.84 Å². The highest BCUT2D eigenvalue weighted by Gasteiger charge is 2.29. The fourth-order valence-corrected chi connectivity index (χ4v) is 2.91. The molecule has 0 spiro atoms. The molecule has 180 valence electrons. The van der Waals surface area contributed by atoms with Crippen molar-refractivity contribution in [1.29, 1.82) is 0 Å². The lowest BCUT2D eigenvalue weighted by molar-refractivity contribution is -0.896. The highest BCUT2D eigenvalue weighted by atomic mass is 16.5. The van der Waals surface area contributed by atoms with E-state index < -0.39 is 36.4 Å². The zero-order valence-corrected chi connectivity index (χ0v) is 18.6. The van der Waals surface area contributed by atoms with Gasteiger partial charge in [-0.25, -0.2) is 0 Å². The molecule has 0 aromatic heterocycles. The van der Waals surface area contributed by atoms with Gasteiger partial charge >= 0.3 is 5.97 Å². The van der Waals surface area contributed by atoms with Gasteiger partial charge in [0.15, 0.2) is 0 Å². The normalized spacial score (nSPS) is 11.8. The second-order valence-corrected chi connectivity index (χ2v) is 7.16. The van der Waals surface area contributed by atoms with Crippen LogP contribution >= 0.6 is 0 Å². The van der Waals surface area contributed by atoms with Gasteiger partial charge in [-0.15, -0.1) is 0 Å². The number of esters is 1. The monoisotopic (exact) mass is 453 g/mol. The third-order valence-electron chi connectivity index (χ3n) is 4.85. The van der Waals surface area contributed by atoms with Crippen molar-refractivity contribution in [2.45, 2.75) is 51.6 Å². The summed E-state index contributed by atoms with van der Waals surface area (Å²) >= 11 is 0. The Morgan fingerprint density at radius 2 is 1.47 bits per heavy atom. The first kappa shape index (κ1) is 29.0. The van der Waals surface area contributed by atoms with E-state index in [9.17, 15) is 34.5 Å². The lowest BCUT2D eigenvalue weighted by Crippen LogP contribution is -3.11. The predicted molar refractivity (Wildman–Crippen MR) is 107 cm³/mol. The van der Waals surface area contributed by atoms with Gasteiger partial charge in [0.05, 0.1) is 25.0 Å². The highest BCUT2D eigenvalue weighted by Crippen LogP contribution is 2.20. The lowest BCUT2D eigenvalue weighted by Gasteiger charge is -2.29. The average molecular weight is 453 g/mol. The molecule has 0 saturated heterocycles. The van der Waals surface area contributed by atoms with Crippen molar-refractivity contribution in [3.05, 3.63) is 35.9 Å². The zero-order valence-electron chi connectivity index (χ0n) is 18.6. The van der Waals surface area contributed by atoms with Crippen LogP contribution in [0.15, 0.2) is 30.3 Å². The smallest absolute Gasteiger partial charge is 0.313 e. The Kier molecular flexibility index (Phi) is 13.5. The Morgan fingerprint density at radius 3 is 1.84 bits per heavy atom. The predicted octanol–water partition coefficient (Wildman–Crippen LogP) is -3.60. The number of rotatable bonds is 13. The molecule has 0 aliphatic heterocycles. The molecule has 1 aromatic carbocycles. The summed E-state index contributed by atoms with van der Waals surface area (Å²) in [5.41, 5.74) is -1.93. The van der Waals surface area contributed by atoms with Gasteiger partial charge in [0.1, 0.15) is 18.8 Å². The lowest BCUT2D eigenvalue weighted by atomic mass is 9.96. The molecule has 0 aliphatic carbocycles. The number of carbonyl (C=O) groups is 4. The van der Waals surface area contributed by atoms with Crippen molar-refractivity contribution in [3.63, 3.8) is 0 Å². The second kappa shape index (κ2) is 14.9. The molecule has 10 heteroatoms. The van der Waals surface area contributed by atoms with Crippen LogP contribution in [0.4, 0.5) is 0 Å². The maximum absolute atomic E-state index is 12.1. The summed E-state index contributed by atoms with van der Waals surface area (Å²) in [6.45, 7) is 9.88. The van der Waals surface area contributed by atoms with E-state index in [1.807, 2.05) is 37.3 Å². The van der Waals surface area contributed by atoms with E-state index >= 15 is 0 Å². The van der Waals surface area contributed by atoms with E-state index in [2.05, 4.69) is 13.8 Å². The maximum atomic E-state index is 12.1. The summed E-state index contributed by atoms with van der Waals surface area (Å²) < 4.78 is 5.42. The minimum atomic E-state index is -2.97. The molecule has 0 saturated carbocycles. The Labute approximate surface area is 187 Å². The topological polar surface area (TPSA) is 171 Å². The van der Waals surface area contributed by atoms with Crippen LogP contribution in [0.25, 0.3) is 0 Å². The van der Waals surface area contributed by atoms with Crippen LogP contribution in [0.1, 0.15) is 51.5 Å². The number of quaternary nitrogens is 1. The van der Waals surface area contributed by atoms with Crippen molar-refractivity contribution in [2.75, 3.05) is 26.2 Å². The van der Waals surface area contributed by atoms with Gasteiger partial charge in [-0.05, 0) is 25.8 Å². The van der Waals surface area contributed by atoms with Gasteiger partial charge < -0.3 is 44.4 Å². The largest absolute Gasteiger partial charge is 0.550 e. The number of ether oxygens (including phenoxy) is 1. The van der Waals surface area contributed by atoms with E-state index in [0.29, 0.717) is 6.61 Å². The number of aliphatic carboxylic acids is 3. The number of aliphatic hydroxyl groups is 1.